The van der Waals surface area contributed by atoms with E-state index >= 15 is 0 Å². The highest BCUT2D eigenvalue weighted by Crippen LogP contribution is 2.30. The summed E-state index contributed by atoms with van der Waals surface area (Å²) in [7, 11) is 1.86. The Balaban J connectivity index is 1.85. The molecule has 5 rings (SSSR count). The van der Waals surface area contributed by atoms with Crippen LogP contribution >= 0.6 is 0 Å². The van der Waals surface area contributed by atoms with E-state index in [0.717, 1.165) is 38.8 Å². The topological polar surface area (TPSA) is 108 Å². The summed E-state index contributed by atoms with van der Waals surface area (Å²) in [5.74, 6) is 0. The first kappa shape index (κ1) is 21.0. The molecule has 0 aliphatic rings. The van der Waals surface area contributed by atoms with Crippen molar-refractivity contribution in [2.75, 3.05) is 0 Å². The molecule has 164 valence electrons. The molecule has 1 aromatic carbocycles. The Hall–Kier alpha value is -4.82. The summed E-state index contributed by atoms with van der Waals surface area (Å²) in [5.41, 5.74) is 5.74. The van der Waals surface area contributed by atoms with E-state index in [0.29, 0.717) is 11.3 Å². The van der Waals surface area contributed by atoms with Crippen molar-refractivity contribution in [3.05, 3.63) is 78.6 Å². The molecule has 0 saturated carbocycles. The monoisotopic (exact) mass is 444 g/mol. The summed E-state index contributed by atoms with van der Waals surface area (Å²) >= 11 is 0. The number of hydrogen-bond donors (Lipinski definition) is 0. The van der Waals surface area contributed by atoms with E-state index in [1.54, 1.807) is 24.8 Å². The van der Waals surface area contributed by atoms with Gasteiger partial charge in [-0.15, -0.1) is 4.99 Å². The average Bonchev–Trinajstić information content (AvgIpc) is 3.16. The Bertz CT molecular complexity index is 1690. The minimum Gasteiger partial charge on any atom is -0.311 e. The highest BCUT2D eigenvalue weighted by molar-refractivity contribution is 6.04. The molecule has 0 unspecified atom stereocenters. The van der Waals surface area contributed by atoms with Gasteiger partial charge in [-0.3, -0.25) is 19.5 Å². The van der Waals surface area contributed by atoms with Crippen LogP contribution in [0.25, 0.3) is 38.8 Å². The number of pyridine rings is 3. The van der Waals surface area contributed by atoms with Gasteiger partial charge in [-0.25, -0.2) is 0 Å². The zero-order chi connectivity index (χ0) is 23.9. The van der Waals surface area contributed by atoms with Crippen LogP contribution in [0, 0.1) is 22.8 Å². The van der Waals surface area contributed by atoms with Crippen LogP contribution in [-0.4, -0.2) is 24.1 Å². The Kier molecular flexibility index (Phi) is 4.92. The third kappa shape index (κ3) is 3.30. The molecule has 8 nitrogen and oxygen atoms in total. The summed E-state index contributed by atoms with van der Waals surface area (Å²) in [6, 6.07) is 16.1. The fraction of sp³-hybridized carbons (Fsp3) is 0.154. The van der Waals surface area contributed by atoms with Gasteiger partial charge in [-0.05, 0) is 61.4 Å². The van der Waals surface area contributed by atoms with Crippen molar-refractivity contribution in [1.82, 2.24) is 24.1 Å². The van der Waals surface area contributed by atoms with E-state index in [1.807, 2.05) is 72.6 Å². The molecule has 0 amide bonds. The van der Waals surface area contributed by atoms with Gasteiger partial charge in [0.15, 0.2) is 0 Å². The van der Waals surface area contributed by atoms with Crippen molar-refractivity contribution in [2.45, 2.75) is 19.3 Å². The van der Waals surface area contributed by atoms with Gasteiger partial charge in [0.2, 0.25) is 11.8 Å². The number of hydrogen-bond acceptors (Lipinski definition) is 6. The molecule has 0 radical (unpaired) electrons. The predicted octanol–water partition coefficient (Wildman–Crippen LogP) is 4.16. The number of nitriles is 2. The summed E-state index contributed by atoms with van der Waals surface area (Å²) in [4.78, 5) is 17.4. The maximum absolute atomic E-state index is 9.47. The molecule has 4 aromatic heterocycles. The van der Waals surface area contributed by atoms with Gasteiger partial charge in [-0.2, -0.15) is 10.5 Å². The molecule has 4 heterocycles. The first-order chi connectivity index (χ1) is 16.4. The van der Waals surface area contributed by atoms with Crippen LogP contribution in [0.2, 0.25) is 0 Å². The van der Waals surface area contributed by atoms with Crippen molar-refractivity contribution in [3.63, 3.8) is 0 Å². The highest BCUT2D eigenvalue weighted by atomic mass is 15.2. The van der Waals surface area contributed by atoms with Gasteiger partial charge in [0.25, 0.3) is 0 Å². The number of aromatic nitrogens is 5. The number of benzene rings is 1. The molecule has 0 N–H and O–H groups in total. The second kappa shape index (κ2) is 7.95. The average molecular weight is 445 g/mol. The van der Waals surface area contributed by atoms with Crippen LogP contribution in [0.15, 0.2) is 72.2 Å². The maximum Gasteiger partial charge on any atom is 0.226 e. The molecule has 0 spiro atoms. The first-order valence-corrected chi connectivity index (χ1v) is 10.7. The van der Waals surface area contributed by atoms with Crippen molar-refractivity contribution >= 4 is 21.9 Å². The molecule has 0 aliphatic heterocycles. The van der Waals surface area contributed by atoms with Gasteiger partial charge in [-0.1, -0.05) is 6.07 Å². The summed E-state index contributed by atoms with van der Waals surface area (Å²) in [6.07, 6.45) is 8.95. The van der Waals surface area contributed by atoms with E-state index in [9.17, 15) is 10.5 Å². The van der Waals surface area contributed by atoms with Crippen molar-refractivity contribution in [3.8, 4) is 29.1 Å². The zero-order valence-corrected chi connectivity index (χ0v) is 18.9. The maximum atomic E-state index is 9.47. The molecule has 0 fully saturated rings. The van der Waals surface area contributed by atoms with Gasteiger partial charge in [0.05, 0.1) is 51.8 Å². The molecular weight excluding hydrogens is 424 g/mol. The van der Waals surface area contributed by atoms with E-state index in [4.69, 9.17) is 0 Å². The third-order valence-corrected chi connectivity index (χ3v) is 5.99. The Morgan fingerprint density at radius 1 is 0.941 bits per heavy atom. The molecule has 0 aliphatic carbocycles. The van der Waals surface area contributed by atoms with Gasteiger partial charge in [0, 0.05) is 24.8 Å². The largest absolute Gasteiger partial charge is 0.311 e. The van der Waals surface area contributed by atoms with Crippen molar-refractivity contribution in [1.29, 1.82) is 10.5 Å². The number of imidazole rings is 1. The fourth-order valence-corrected chi connectivity index (χ4v) is 4.09. The number of rotatable bonds is 3. The number of fused-ring (bicyclic) bond motifs is 3. The molecule has 5 aromatic rings. The fourth-order valence-electron chi connectivity index (χ4n) is 4.09. The Morgan fingerprint density at radius 3 is 2.41 bits per heavy atom. The Morgan fingerprint density at radius 2 is 1.74 bits per heavy atom. The van der Waals surface area contributed by atoms with Crippen LogP contribution in [0.4, 0.5) is 0 Å². The molecule has 0 bridgehead atoms. The predicted molar refractivity (Wildman–Crippen MR) is 128 cm³/mol. The minimum atomic E-state index is -0.710. The minimum absolute atomic E-state index is 0.454. The lowest BCUT2D eigenvalue weighted by molar-refractivity contribution is 0.658. The standard InChI is InChI=1S/C26H20N8/c1-26(2,15-27)23-7-5-19(13-31-23)34-24-20-12-18(17-8-10-29-11-9-17)4-6-21(20)30-14-22(24)33(3)25(34)32-16-28/h4-14H,1-3H3/b32-25-. The molecule has 0 atom stereocenters. The van der Waals surface area contributed by atoms with Gasteiger partial charge >= 0.3 is 0 Å². The smallest absolute Gasteiger partial charge is 0.226 e. The first-order valence-electron chi connectivity index (χ1n) is 10.7. The zero-order valence-electron chi connectivity index (χ0n) is 18.9. The lowest BCUT2D eigenvalue weighted by Crippen LogP contribution is -2.23. The normalized spacial score (nSPS) is 12.1. The second-order valence-electron chi connectivity index (χ2n) is 8.50. The van der Waals surface area contributed by atoms with E-state index in [-0.39, 0.29) is 0 Å². The van der Waals surface area contributed by atoms with E-state index < -0.39 is 5.41 Å². The number of aryl methyl sites for hydroxylation is 1. The third-order valence-electron chi connectivity index (χ3n) is 5.99. The van der Waals surface area contributed by atoms with Crippen molar-refractivity contribution in [2.24, 2.45) is 12.0 Å². The second-order valence-corrected chi connectivity index (χ2v) is 8.50. The number of nitrogens with zero attached hydrogens (tertiary/aromatic N) is 8. The lowest BCUT2D eigenvalue weighted by atomic mass is 9.91. The molecule has 8 heteroatoms. The van der Waals surface area contributed by atoms with Crippen LogP contribution in [0.3, 0.4) is 0 Å². The van der Waals surface area contributed by atoms with Crippen LogP contribution in [-0.2, 0) is 12.5 Å². The van der Waals surface area contributed by atoms with E-state index in [1.165, 1.54) is 0 Å². The van der Waals surface area contributed by atoms with Crippen molar-refractivity contribution < 1.29 is 0 Å². The molecular formula is C26H20N8. The van der Waals surface area contributed by atoms with Crippen LogP contribution < -0.4 is 5.62 Å². The van der Waals surface area contributed by atoms with E-state index in [2.05, 4.69) is 32.1 Å². The van der Waals surface area contributed by atoms with Gasteiger partial charge in [0.1, 0.15) is 0 Å². The summed E-state index contributed by atoms with van der Waals surface area (Å²) in [6.45, 7) is 3.66. The van der Waals surface area contributed by atoms with Gasteiger partial charge < -0.3 is 4.57 Å². The quantitative estimate of drug-likeness (QED) is 0.388. The van der Waals surface area contributed by atoms with Crippen LogP contribution in [0.5, 0.6) is 0 Å². The molecule has 0 saturated heterocycles. The molecule has 34 heavy (non-hydrogen) atoms. The van der Waals surface area contributed by atoms with Crippen LogP contribution in [0.1, 0.15) is 19.5 Å². The SMILES string of the molecule is Cn1/c(=N/C#N)n(-c2ccc(C(C)(C)C#N)nc2)c2c3cc(-c4ccncc4)ccc3ncc21. The summed E-state index contributed by atoms with van der Waals surface area (Å²) < 4.78 is 3.76. The Labute approximate surface area is 195 Å². The highest BCUT2D eigenvalue weighted by Gasteiger charge is 2.22. The lowest BCUT2D eigenvalue weighted by Gasteiger charge is -2.15. The summed E-state index contributed by atoms with van der Waals surface area (Å²) in [5, 5.41) is 19.8.